The zero-order valence-electron chi connectivity index (χ0n) is 14.5. The van der Waals surface area contributed by atoms with Gasteiger partial charge in [0.15, 0.2) is 9.84 Å². The van der Waals surface area contributed by atoms with Crippen LogP contribution >= 0.6 is 11.6 Å². The summed E-state index contributed by atoms with van der Waals surface area (Å²) < 4.78 is 51.3. The van der Waals surface area contributed by atoms with Gasteiger partial charge >= 0.3 is 0 Å². The van der Waals surface area contributed by atoms with E-state index in [2.05, 4.69) is 18.2 Å². The number of sulfonamides is 1. The first-order chi connectivity index (χ1) is 12.2. The molecule has 1 aromatic carbocycles. The van der Waals surface area contributed by atoms with Crippen LogP contribution in [0.5, 0.6) is 0 Å². The summed E-state index contributed by atoms with van der Waals surface area (Å²) in [5.41, 5.74) is 0. The average molecular weight is 416 g/mol. The van der Waals surface area contributed by atoms with Gasteiger partial charge in [-0.1, -0.05) is 42.0 Å². The Labute approximate surface area is 160 Å². The average Bonchev–Trinajstić information content (AvgIpc) is 2.61. The molecule has 142 valence electrons. The van der Waals surface area contributed by atoms with E-state index >= 15 is 0 Å². The van der Waals surface area contributed by atoms with Crippen LogP contribution in [0.2, 0.25) is 0 Å². The molecule has 26 heavy (non-hydrogen) atoms. The molecular weight excluding hydrogens is 394 g/mol. The lowest BCUT2D eigenvalue weighted by Crippen LogP contribution is -2.40. The van der Waals surface area contributed by atoms with Gasteiger partial charge in [-0.3, -0.25) is 0 Å². The topological polar surface area (TPSA) is 71.5 Å². The maximum Gasteiger partial charge on any atom is 0.244 e. The van der Waals surface area contributed by atoms with E-state index in [-0.39, 0.29) is 15.7 Å². The number of nitrogens with zero attached hydrogens (tertiary/aromatic N) is 1. The molecule has 1 atom stereocenters. The van der Waals surface area contributed by atoms with Gasteiger partial charge in [-0.2, -0.15) is 4.31 Å². The highest BCUT2D eigenvalue weighted by molar-refractivity contribution is 7.93. The maximum absolute atomic E-state index is 13.0. The molecule has 3 rings (SSSR count). The number of hydrogen-bond donors (Lipinski definition) is 0. The van der Waals surface area contributed by atoms with Crippen molar-refractivity contribution in [3.8, 4) is 0 Å². The van der Waals surface area contributed by atoms with Crippen molar-refractivity contribution in [2.75, 3.05) is 19.3 Å². The summed E-state index contributed by atoms with van der Waals surface area (Å²) in [6.07, 6.45) is 9.46. The molecule has 2 aliphatic rings. The fraction of sp³-hybridized carbons (Fsp3) is 0.444. The van der Waals surface area contributed by atoms with Crippen LogP contribution in [0.1, 0.15) is 19.3 Å². The molecule has 0 bridgehead atoms. The number of benzene rings is 1. The summed E-state index contributed by atoms with van der Waals surface area (Å²) >= 11 is 6.12. The lowest BCUT2D eigenvalue weighted by molar-refractivity contribution is 0.249. The number of sulfone groups is 1. The minimum atomic E-state index is -3.85. The first kappa shape index (κ1) is 19.6. The van der Waals surface area contributed by atoms with Crippen molar-refractivity contribution in [1.82, 2.24) is 4.31 Å². The van der Waals surface area contributed by atoms with Gasteiger partial charge in [0.2, 0.25) is 10.0 Å². The Bertz CT molecular complexity index is 943. The Morgan fingerprint density at radius 2 is 1.65 bits per heavy atom. The highest BCUT2D eigenvalue weighted by Gasteiger charge is 2.34. The van der Waals surface area contributed by atoms with Gasteiger partial charge in [-0.05, 0) is 36.8 Å². The van der Waals surface area contributed by atoms with E-state index in [1.54, 1.807) is 6.07 Å². The maximum atomic E-state index is 13.0. The number of piperidine rings is 1. The molecule has 1 fully saturated rings. The van der Waals surface area contributed by atoms with Gasteiger partial charge in [-0.25, -0.2) is 16.8 Å². The van der Waals surface area contributed by atoms with Crippen LogP contribution in [0.3, 0.4) is 0 Å². The highest BCUT2D eigenvalue weighted by atomic mass is 35.5. The Hall–Kier alpha value is -1.15. The summed E-state index contributed by atoms with van der Waals surface area (Å²) in [4.78, 5) is -0.284. The van der Waals surface area contributed by atoms with E-state index in [4.69, 9.17) is 11.6 Å². The standard InChI is InChI=1S/C18H22ClNO4S2/c1-25(21,22)17-7-2-3-8-18(17)26(23,24)20-11-9-14(10-12-20)15-5-4-6-16(19)13-15/h2-5,7-8,13-15H,6,9-12H2,1H3. The molecule has 0 radical (unpaired) electrons. The molecule has 0 aromatic heterocycles. The molecule has 5 nitrogen and oxygen atoms in total. The third kappa shape index (κ3) is 4.06. The zero-order chi connectivity index (χ0) is 18.9. The largest absolute Gasteiger partial charge is 0.244 e. The van der Waals surface area contributed by atoms with Gasteiger partial charge in [0.05, 0.1) is 4.90 Å². The Kier molecular flexibility index (Phi) is 5.63. The van der Waals surface area contributed by atoms with Crippen LogP contribution in [0.25, 0.3) is 0 Å². The Morgan fingerprint density at radius 1 is 1.04 bits per heavy atom. The predicted octanol–water partition coefficient (Wildman–Crippen LogP) is 3.19. The number of halogens is 1. The van der Waals surface area contributed by atoms with Crippen molar-refractivity contribution >= 4 is 31.5 Å². The third-order valence-electron chi connectivity index (χ3n) is 4.95. The van der Waals surface area contributed by atoms with Crippen molar-refractivity contribution in [3.05, 3.63) is 47.5 Å². The van der Waals surface area contributed by atoms with E-state index in [0.717, 1.165) is 30.6 Å². The molecule has 1 aliphatic carbocycles. The van der Waals surface area contributed by atoms with Crippen LogP contribution < -0.4 is 0 Å². The molecular formula is C18H22ClNO4S2. The molecule has 0 amide bonds. The first-order valence-corrected chi connectivity index (χ1v) is 12.2. The van der Waals surface area contributed by atoms with Crippen LogP contribution in [-0.2, 0) is 19.9 Å². The zero-order valence-corrected chi connectivity index (χ0v) is 16.9. The van der Waals surface area contributed by atoms with E-state index in [1.807, 2.05) is 0 Å². The predicted molar refractivity (Wildman–Crippen MR) is 102 cm³/mol. The molecule has 0 spiro atoms. The van der Waals surface area contributed by atoms with E-state index < -0.39 is 19.9 Å². The minimum Gasteiger partial charge on any atom is -0.224 e. The summed E-state index contributed by atoms with van der Waals surface area (Å²) in [6, 6.07) is 5.79. The van der Waals surface area contributed by atoms with Crippen LogP contribution in [-0.4, -0.2) is 40.5 Å². The van der Waals surface area contributed by atoms with Gasteiger partial charge in [0.1, 0.15) is 4.90 Å². The smallest absolute Gasteiger partial charge is 0.224 e. The van der Waals surface area contributed by atoms with Crippen LogP contribution in [0, 0.1) is 11.8 Å². The van der Waals surface area contributed by atoms with Crippen molar-refractivity contribution < 1.29 is 16.8 Å². The van der Waals surface area contributed by atoms with E-state index in [0.29, 0.717) is 19.0 Å². The molecule has 1 heterocycles. The van der Waals surface area contributed by atoms with Gasteiger partial charge < -0.3 is 0 Å². The fourth-order valence-electron chi connectivity index (χ4n) is 3.57. The normalized spacial score (nSPS) is 23.0. The van der Waals surface area contributed by atoms with Crippen LogP contribution in [0.15, 0.2) is 57.3 Å². The molecule has 0 saturated carbocycles. The highest BCUT2D eigenvalue weighted by Crippen LogP contribution is 2.34. The van der Waals surface area contributed by atoms with Crippen molar-refractivity contribution in [2.45, 2.75) is 29.1 Å². The molecule has 1 aromatic rings. The van der Waals surface area contributed by atoms with Gasteiger partial charge in [-0.15, -0.1) is 0 Å². The minimum absolute atomic E-state index is 0.138. The van der Waals surface area contributed by atoms with Crippen LogP contribution in [0.4, 0.5) is 0 Å². The fourth-order valence-corrected chi connectivity index (χ4v) is 6.88. The lowest BCUT2D eigenvalue weighted by atomic mass is 9.83. The quantitative estimate of drug-likeness (QED) is 0.708. The summed E-state index contributed by atoms with van der Waals surface area (Å²) in [5.74, 6) is 0.585. The molecule has 1 aliphatic heterocycles. The lowest BCUT2D eigenvalue weighted by Gasteiger charge is -2.34. The second-order valence-electron chi connectivity index (χ2n) is 6.78. The van der Waals surface area contributed by atoms with Crippen molar-refractivity contribution in [2.24, 2.45) is 11.8 Å². The van der Waals surface area contributed by atoms with E-state index in [1.165, 1.54) is 22.5 Å². The molecule has 0 N–H and O–H groups in total. The van der Waals surface area contributed by atoms with Crippen molar-refractivity contribution in [1.29, 1.82) is 0 Å². The van der Waals surface area contributed by atoms with Crippen molar-refractivity contribution in [3.63, 3.8) is 0 Å². The van der Waals surface area contributed by atoms with E-state index in [9.17, 15) is 16.8 Å². The first-order valence-electron chi connectivity index (χ1n) is 8.51. The number of hydrogen-bond acceptors (Lipinski definition) is 4. The Balaban J connectivity index is 1.79. The van der Waals surface area contributed by atoms with Gasteiger partial charge in [0.25, 0.3) is 0 Å². The van der Waals surface area contributed by atoms with Gasteiger partial charge in [0, 0.05) is 30.8 Å². The monoisotopic (exact) mass is 415 g/mol. The number of rotatable bonds is 4. The molecule has 1 saturated heterocycles. The summed E-state index contributed by atoms with van der Waals surface area (Å²) in [7, 11) is -7.47. The second-order valence-corrected chi connectivity index (χ2v) is 11.2. The second kappa shape index (κ2) is 7.46. The summed E-state index contributed by atoms with van der Waals surface area (Å²) in [6.45, 7) is 0.752. The molecule has 1 unspecified atom stereocenters. The Morgan fingerprint density at radius 3 is 2.23 bits per heavy atom. The SMILES string of the molecule is CS(=O)(=O)c1ccccc1S(=O)(=O)N1CCC(C2C=CCC(Cl)=C2)CC1. The molecule has 8 heteroatoms. The summed E-state index contributed by atoms with van der Waals surface area (Å²) in [5, 5.41) is 0.828. The third-order valence-corrected chi connectivity index (χ3v) is 8.48. The number of allylic oxidation sites excluding steroid dienone is 4.